The number of amides is 1. The lowest BCUT2D eigenvalue weighted by Crippen LogP contribution is -2.37. The summed E-state index contributed by atoms with van der Waals surface area (Å²) in [5.41, 5.74) is 0.940. The van der Waals surface area contributed by atoms with Crippen LogP contribution in [0.2, 0.25) is 0 Å². The van der Waals surface area contributed by atoms with Crippen LogP contribution >= 0.6 is 0 Å². The molecule has 1 fully saturated rings. The van der Waals surface area contributed by atoms with Gasteiger partial charge < -0.3 is 15.0 Å². The van der Waals surface area contributed by atoms with Gasteiger partial charge in [0.2, 0.25) is 5.91 Å². The van der Waals surface area contributed by atoms with E-state index in [0.29, 0.717) is 32.2 Å². The van der Waals surface area contributed by atoms with E-state index in [2.05, 4.69) is 5.32 Å². The Labute approximate surface area is 138 Å². The lowest BCUT2D eigenvalue weighted by Gasteiger charge is -2.25. The Hall–Kier alpha value is -1.46. The van der Waals surface area contributed by atoms with Gasteiger partial charge in [0.15, 0.2) is 0 Å². The summed E-state index contributed by atoms with van der Waals surface area (Å²) >= 11 is 0. The molecule has 0 bridgehead atoms. The number of rotatable bonds is 9. The van der Waals surface area contributed by atoms with E-state index in [-0.39, 0.29) is 17.8 Å². The highest BCUT2D eigenvalue weighted by molar-refractivity contribution is 5.78. The molecule has 0 radical (unpaired) electrons. The van der Waals surface area contributed by atoms with Crippen molar-refractivity contribution in [1.29, 1.82) is 0 Å². The van der Waals surface area contributed by atoms with Gasteiger partial charge in [-0.1, -0.05) is 12.1 Å². The quantitative estimate of drug-likeness (QED) is 0.711. The predicted octanol–water partition coefficient (Wildman–Crippen LogP) is 2.72. The molecule has 1 aromatic carbocycles. The summed E-state index contributed by atoms with van der Waals surface area (Å²) in [6.45, 7) is 6.73. The molecule has 0 aliphatic carbocycles. The van der Waals surface area contributed by atoms with Crippen LogP contribution in [0.25, 0.3) is 0 Å². The molecule has 1 N–H and O–H groups in total. The minimum Gasteiger partial charge on any atom is -0.377 e. The fourth-order valence-corrected chi connectivity index (χ4v) is 2.94. The number of nitrogens with zero attached hydrogens (tertiary/aromatic N) is 1. The largest absolute Gasteiger partial charge is 0.377 e. The van der Waals surface area contributed by atoms with Crippen LogP contribution in [0.3, 0.4) is 0 Å². The summed E-state index contributed by atoms with van der Waals surface area (Å²) < 4.78 is 18.7. The van der Waals surface area contributed by atoms with E-state index in [9.17, 15) is 9.18 Å². The van der Waals surface area contributed by atoms with Crippen LogP contribution in [0.15, 0.2) is 24.3 Å². The second-order valence-corrected chi connectivity index (χ2v) is 6.29. The van der Waals surface area contributed by atoms with Crippen LogP contribution < -0.4 is 5.32 Å². The molecule has 1 amide bonds. The molecule has 4 nitrogen and oxygen atoms in total. The van der Waals surface area contributed by atoms with Crippen molar-refractivity contribution in [2.75, 3.05) is 19.7 Å². The van der Waals surface area contributed by atoms with Crippen LogP contribution in [0.4, 0.5) is 4.39 Å². The first-order valence-corrected chi connectivity index (χ1v) is 8.42. The molecule has 1 aromatic rings. The number of nitrogens with one attached hydrogen (secondary N) is 1. The van der Waals surface area contributed by atoms with Gasteiger partial charge in [-0.25, -0.2) is 4.39 Å². The van der Waals surface area contributed by atoms with Crippen molar-refractivity contribution in [1.82, 2.24) is 10.2 Å². The van der Waals surface area contributed by atoms with Gasteiger partial charge in [-0.15, -0.1) is 0 Å². The van der Waals surface area contributed by atoms with Crippen molar-refractivity contribution < 1.29 is 13.9 Å². The molecule has 128 valence electrons. The highest BCUT2D eigenvalue weighted by atomic mass is 19.1. The molecule has 1 atom stereocenters. The minimum atomic E-state index is -0.206. The molecule has 1 saturated heterocycles. The van der Waals surface area contributed by atoms with Gasteiger partial charge in [0.1, 0.15) is 5.82 Å². The summed E-state index contributed by atoms with van der Waals surface area (Å²) in [7, 11) is 0. The fourth-order valence-electron chi connectivity index (χ4n) is 2.94. The van der Waals surface area contributed by atoms with Crippen molar-refractivity contribution in [3.05, 3.63) is 35.6 Å². The van der Waals surface area contributed by atoms with Gasteiger partial charge in [0.05, 0.1) is 12.7 Å². The number of carbonyl (C=O) groups excluding carboxylic acids is 1. The molecule has 0 aromatic heterocycles. The average molecular weight is 322 g/mol. The van der Waals surface area contributed by atoms with Crippen molar-refractivity contribution in [2.24, 2.45) is 0 Å². The number of hydrogen-bond donors (Lipinski definition) is 1. The normalized spacial score (nSPS) is 18.2. The van der Waals surface area contributed by atoms with E-state index in [1.165, 1.54) is 6.07 Å². The smallest absolute Gasteiger partial charge is 0.222 e. The zero-order valence-electron chi connectivity index (χ0n) is 14.1. The third-order valence-electron chi connectivity index (χ3n) is 4.11. The number of carbonyl (C=O) groups is 1. The first-order chi connectivity index (χ1) is 11.1. The minimum absolute atomic E-state index is 0.194. The summed E-state index contributed by atoms with van der Waals surface area (Å²) in [5, 5.41) is 3.33. The second kappa shape index (κ2) is 8.99. The maximum absolute atomic E-state index is 13.1. The topological polar surface area (TPSA) is 41.6 Å². The van der Waals surface area contributed by atoms with E-state index in [0.717, 1.165) is 24.9 Å². The molecule has 5 heteroatoms. The molecule has 1 aliphatic rings. The van der Waals surface area contributed by atoms with Crippen LogP contribution in [0.5, 0.6) is 0 Å². The van der Waals surface area contributed by atoms with Gasteiger partial charge in [-0.05, 0) is 50.9 Å². The van der Waals surface area contributed by atoms with Crippen LogP contribution in [0.1, 0.15) is 38.7 Å². The van der Waals surface area contributed by atoms with E-state index in [1.54, 1.807) is 12.1 Å². The zero-order valence-corrected chi connectivity index (χ0v) is 14.1. The Morgan fingerprint density at radius 2 is 2.26 bits per heavy atom. The van der Waals surface area contributed by atoms with Gasteiger partial charge >= 0.3 is 0 Å². The van der Waals surface area contributed by atoms with Crippen LogP contribution in [-0.4, -0.2) is 42.6 Å². The third kappa shape index (κ3) is 5.92. The number of likely N-dealkylation sites (tertiary alicyclic amines) is 1. The van der Waals surface area contributed by atoms with Crippen LogP contribution in [-0.2, 0) is 16.1 Å². The van der Waals surface area contributed by atoms with Crippen molar-refractivity contribution in [2.45, 2.75) is 51.8 Å². The van der Waals surface area contributed by atoms with Crippen LogP contribution in [0, 0.1) is 5.82 Å². The summed E-state index contributed by atoms with van der Waals surface area (Å²) in [5.74, 6) is 0.0227. The lowest BCUT2D eigenvalue weighted by atomic mass is 10.1. The highest BCUT2D eigenvalue weighted by Crippen LogP contribution is 2.20. The first-order valence-electron chi connectivity index (χ1n) is 8.42. The molecule has 2 rings (SSSR count). The number of halogens is 1. The average Bonchev–Trinajstić information content (AvgIpc) is 2.84. The number of benzene rings is 1. The van der Waals surface area contributed by atoms with E-state index < -0.39 is 0 Å². The van der Waals surface area contributed by atoms with E-state index in [4.69, 9.17) is 4.74 Å². The maximum Gasteiger partial charge on any atom is 0.222 e. The Morgan fingerprint density at radius 3 is 3.00 bits per heavy atom. The number of hydrogen-bond acceptors (Lipinski definition) is 3. The number of ether oxygens (including phenoxy) is 1. The monoisotopic (exact) mass is 322 g/mol. The molecular formula is C18H27FN2O2. The molecule has 0 saturated carbocycles. The Bertz CT molecular complexity index is 508. The third-order valence-corrected chi connectivity index (χ3v) is 4.11. The molecule has 0 unspecified atom stereocenters. The maximum atomic E-state index is 13.1. The van der Waals surface area contributed by atoms with Gasteiger partial charge in [0.25, 0.3) is 0 Å². The second-order valence-electron chi connectivity index (χ2n) is 6.29. The Balaban J connectivity index is 1.70. The van der Waals surface area contributed by atoms with Gasteiger partial charge in [0, 0.05) is 25.6 Å². The highest BCUT2D eigenvalue weighted by Gasteiger charge is 2.29. The summed E-state index contributed by atoms with van der Waals surface area (Å²) in [6.07, 6.45) is 2.67. The molecule has 1 heterocycles. The zero-order chi connectivity index (χ0) is 16.7. The van der Waals surface area contributed by atoms with Crippen molar-refractivity contribution in [3.63, 3.8) is 0 Å². The molecule has 23 heavy (non-hydrogen) atoms. The molecular weight excluding hydrogens is 295 g/mol. The Morgan fingerprint density at radius 1 is 1.43 bits per heavy atom. The first kappa shape index (κ1) is 17.9. The van der Waals surface area contributed by atoms with E-state index >= 15 is 0 Å². The lowest BCUT2D eigenvalue weighted by molar-refractivity contribution is -0.130. The fraction of sp³-hybridized carbons (Fsp3) is 0.611. The van der Waals surface area contributed by atoms with E-state index in [1.807, 2.05) is 24.8 Å². The predicted molar refractivity (Wildman–Crippen MR) is 88.5 cm³/mol. The molecule has 0 spiro atoms. The van der Waals surface area contributed by atoms with Crippen molar-refractivity contribution >= 4 is 5.91 Å². The van der Waals surface area contributed by atoms with Crippen molar-refractivity contribution in [3.8, 4) is 0 Å². The standard InChI is InChI=1S/C18H27FN2O2/c1-14(2)23-11-10-21-17(6-7-18(21)22)8-9-20-13-15-4-3-5-16(19)12-15/h3-5,12,14,17,20H,6-11,13H2,1-2H3/t17-/m1/s1. The molecule has 1 aliphatic heterocycles. The Kier molecular flexibility index (Phi) is 6.99. The summed E-state index contributed by atoms with van der Waals surface area (Å²) in [6, 6.07) is 6.91. The SMILES string of the molecule is CC(C)OCCN1C(=O)CC[C@@H]1CCNCc1cccc(F)c1. The summed E-state index contributed by atoms with van der Waals surface area (Å²) in [4.78, 5) is 13.9. The van der Waals surface area contributed by atoms with Gasteiger partial charge in [-0.3, -0.25) is 4.79 Å². The van der Waals surface area contributed by atoms with Gasteiger partial charge in [-0.2, -0.15) is 0 Å².